The maximum Gasteiger partial charge on any atom is 0.244 e. The van der Waals surface area contributed by atoms with E-state index in [0.29, 0.717) is 18.1 Å². The summed E-state index contributed by atoms with van der Waals surface area (Å²) < 4.78 is 37.9. The Balaban J connectivity index is 2.06. The molecule has 0 saturated heterocycles. The van der Waals surface area contributed by atoms with Crippen molar-refractivity contribution in [2.45, 2.75) is 25.9 Å². The van der Waals surface area contributed by atoms with E-state index in [4.69, 9.17) is 9.47 Å². The monoisotopic (exact) mass is 553 g/mol. The van der Waals surface area contributed by atoms with Crippen molar-refractivity contribution in [1.29, 1.82) is 0 Å². The van der Waals surface area contributed by atoms with Crippen LogP contribution in [-0.4, -0.2) is 64.7 Å². The first-order valence-electron chi connectivity index (χ1n) is 12.5. The van der Waals surface area contributed by atoms with Crippen molar-refractivity contribution in [3.05, 3.63) is 90.0 Å². The molecule has 10 heteroatoms. The molecule has 0 spiro atoms. The number of anilines is 1. The van der Waals surface area contributed by atoms with Crippen LogP contribution in [-0.2, 0) is 32.6 Å². The van der Waals surface area contributed by atoms with Crippen LogP contribution in [0.5, 0.6) is 11.5 Å². The average Bonchev–Trinajstić information content (AvgIpc) is 2.93. The van der Waals surface area contributed by atoms with E-state index in [-0.39, 0.29) is 24.6 Å². The lowest BCUT2D eigenvalue weighted by molar-refractivity contribution is -0.139. The molecule has 0 unspecified atom stereocenters. The number of methoxy groups -OCH3 is 1. The van der Waals surface area contributed by atoms with E-state index < -0.39 is 28.5 Å². The zero-order chi connectivity index (χ0) is 28.4. The van der Waals surface area contributed by atoms with Crippen molar-refractivity contribution in [2.24, 2.45) is 0 Å². The Bertz CT molecular complexity index is 1360. The lowest BCUT2D eigenvalue weighted by Crippen LogP contribution is -2.52. The largest absolute Gasteiger partial charge is 0.497 e. The molecule has 0 heterocycles. The summed E-state index contributed by atoms with van der Waals surface area (Å²) in [6.07, 6.45) is 1.28. The van der Waals surface area contributed by atoms with Crippen LogP contribution in [0.2, 0.25) is 0 Å². The number of para-hydroxylation sites is 2. The first-order chi connectivity index (χ1) is 18.7. The van der Waals surface area contributed by atoms with E-state index in [1.807, 2.05) is 36.4 Å². The predicted octanol–water partition coefficient (Wildman–Crippen LogP) is 3.25. The van der Waals surface area contributed by atoms with E-state index in [1.165, 1.54) is 11.9 Å². The van der Waals surface area contributed by atoms with Gasteiger partial charge in [-0.1, -0.05) is 54.6 Å². The number of amides is 2. The lowest BCUT2D eigenvalue weighted by atomic mass is 10.0. The fraction of sp³-hybridized carbons (Fsp3) is 0.310. The lowest BCUT2D eigenvalue weighted by Gasteiger charge is -2.33. The zero-order valence-electron chi connectivity index (χ0n) is 22.7. The Kier molecular flexibility index (Phi) is 10.3. The molecule has 0 radical (unpaired) electrons. The Hall–Kier alpha value is -4.05. The fourth-order valence-electron chi connectivity index (χ4n) is 4.22. The summed E-state index contributed by atoms with van der Waals surface area (Å²) in [4.78, 5) is 28.6. The van der Waals surface area contributed by atoms with Gasteiger partial charge in [0.1, 0.15) is 24.1 Å². The number of rotatable bonds is 13. The minimum absolute atomic E-state index is 0.0612. The van der Waals surface area contributed by atoms with Crippen molar-refractivity contribution in [3.8, 4) is 11.5 Å². The van der Waals surface area contributed by atoms with E-state index in [0.717, 1.165) is 21.7 Å². The smallest absolute Gasteiger partial charge is 0.244 e. The molecule has 0 aromatic heterocycles. The van der Waals surface area contributed by atoms with E-state index in [9.17, 15) is 18.0 Å². The molecule has 0 aliphatic carbocycles. The number of carbonyl (C=O) groups is 2. The number of sulfonamides is 1. The Morgan fingerprint density at radius 2 is 1.62 bits per heavy atom. The number of likely N-dealkylation sites (N-methyl/N-ethyl adjacent to an activating group) is 1. The molecule has 3 aromatic rings. The van der Waals surface area contributed by atoms with E-state index in [2.05, 4.69) is 5.32 Å². The maximum absolute atomic E-state index is 14.0. The number of nitrogens with zero attached hydrogens (tertiary/aromatic N) is 2. The van der Waals surface area contributed by atoms with Crippen LogP contribution in [0.1, 0.15) is 18.1 Å². The first kappa shape index (κ1) is 29.5. The zero-order valence-corrected chi connectivity index (χ0v) is 23.5. The van der Waals surface area contributed by atoms with Gasteiger partial charge in [-0.15, -0.1) is 0 Å². The Morgan fingerprint density at radius 1 is 0.949 bits per heavy atom. The summed E-state index contributed by atoms with van der Waals surface area (Å²) in [6, 6.07) is 22.3. The molecule has 0 saturated carbocycles. The molecule has 2 amide bonds. The molecule has 1 atom stereocenters. The van der Waals surface area contributed by atoms with Gasteiger partial charge in [-0.3, -0.25) is 13.9 Å². The van der Waals surface area contributed by atoms with Crippen molar-refractivity contribution in [2.75, 3.05) is 37.9 Å². The molecule has 3 rings (SSSR count). The van der Waals surface area contributed by atoms with Gasteiger partial charge in [0.25, 0.3) is 0 Å². The highest BCUT2D eigenvalue weighted by molar-refractivity contribution is 7.92. The van der Waals surface area contributed by atoms with Crippen molar-refractivity contribution in [1.82, 2.24) is 10.2 Å². The maximum atomic E-state index is 14.0. The van der Waals surface area contributed by atoms with Gasteiger partial charge in [-0.25, -0.2) is 8.42 Å². The average molecular weight is 554 g/mol. The second kappa shape index (κ2) is 13.7. The molecule has 3 aromatic carbocycles. The first-order valence-corrected chi connectivity index (χ1v) is 14.4. The van der Waals surface area contributed by atoms with Gasteiger partial charge >= 0.3 is 0 Å². The van der Waals surface area contributed by atoms with Crippen LogP contribution in [0, 0.1) is 0 Å². The van der Waals surface area contributed by atoms with Crippen molar-refractivity contribution in [3.63, 3.8) is 0 Å². The molecule has 0 aliphatic rings. The molecular weight excluding hydrogens is 518 g/mol. The van der Waals surface area contributed by atoms with Crippen LogP contribution >= 0.6 is 0 Å². The molecule has 39 heavy (non-hydrogen) atoms. The van der Waals surface area contributed by atoms with Crippen LogP contribution in [0.4, 0.5) is 5.69 Å². The minimum atomic E-state index is -3.90. The van der Waals surface area contributed by atoms with Gasteiger partial charge in [0.05, 0.1) is 25.7 Å². The SMILES string of the molecule is CCOc1ccccc1N(CC(=O)N(Cc1cccc(OC)c1)[C@@H](Cc1ccccc1)C(=O)NC)S(C)(=O)=O. The highest BCUT2D eigenvalue weighted by Crippen LogP contribution is 2.30. The molecule has 1 N–H and O–H groups in total. The summed E-state index contributed by atoms with van der Waals surface area (Å²) in [5.74, 6) is 0.0300. The van der Waals surface area contributed by atoms with Gasteiger partial charge in [0.2, 0.25) is 21.8 Å². The van der Waals surface area contributed by atoms with Gasteiger partial charge in [-0.05, 0) is 42.3 Å². The highest BCUT2D eigenvalue weighted by atomic mass is 32.2. The summed E-state index contributed by atoms with van der Waals surface area (Å²) >= 11 is 0. The number of nitrogens with one attached hydrogen (secondary N) is 1. The second-order valence-corrected chi connectivity index (χ2v) is 10.8. The molecule has 9 nitrogen and oxygen atoms in total. The van der Waals surface area contributed by atoms with E-state index in [1.54, 1.807) is 56.5 Å². The van der Waals surface area contributed by atoms with Crippen LogP contribution in [0.3, 0.4) is 0 Å². The van der Waals surface area contributed by atoms with Crippen molar-refractivity contribution >= 4 is 27.5 Å². The molecule has 0 aliphatic heterocycles. The van der Waals surface area contributed by atoms with Crippen LogP contribution in [0.15, 0.2) is 78.9 Å². The van der Waals surface area contributed by atoms with Gasteiger partial charge in [-0.2, -0.15) is 0 Å². The topological polar surface area (TPSA) is 105 Å². The van der Waals surface area contributed by atoms with Crippen molar-refractivity contribution < 1.29 is 27.5 Å². The number of carbonyl (C=O) groups excluding carboxylic acids is 2. The summed E-state index contributed by atoms with van der Waals surface area (Å²) in [5, 5.41) is 2.66. The summed E-state index contributed by atoms with van der Waals surface area (Å²) in [6.45, 7) is 1.65. The van der Waals surface area contributed by atoms with Gasteiger partial charge in [0, 0.05) is 20.0 Å². The third-order valence-corrected chi connectivity index (χ3v) is 7.24. The molecular formula is C29H35N3O6S. The number of hydrogen-bond acceptors (Lipinski definition) is 6. The number of benzene rings is 3. The quantitative estimate of drug-likeness (QED) is 0.349. The van der Waals surface area contributed by atoms with E-state index >= 15 is 0 Å². The third kappa shape index (κ3) is 7.97. The highest BCUT2D eigenvalue weighted by Gasteiger charge is 2.33. The third-order valence-electron chi connectivity index (χ3n) is 6.12. The van der Waals surface area contributed by atoms with Crippen LogP contribution < -0.4 is 19.1 Å². The molecule has 208 valence electrons. The Labute approximate surface area is 230 Å². The summed E-state index contributed by atoms with van der Waals surface area (Å²) in [5.41, 5.74) is 1.83. The fourth-order valence-corrected chi connectivity index (χ4v) is 5.08. The summed E-state index contributed by atoms with van der Waals surface area (Å²) in [7, 11) is -0.840. The normalized spacial score (nSPS) is 11.8. The van der Waals surface area contributed by atoms with Gasteiger partial charge in [0.15, 0.2) is 0 Å². The standard InChI is InChI=1S/C29H35N3O6S/c1-5-38-27-17-10-9-16-25(27)32(39(4,35)36)21-28(33)31(20-23-14-11-15-24(18-23)37-3)26(29(34)30-2)19-22-12-7-6-8-13-22/h6-18,26H,5,19-21H2,1-4H3,(H,30,34)/t26-/m0/s1. The molecule has 0 bridgehead atoms. The second-order valence-electron chi connectivity index (χ2n) is 8.86. The van der Waals surface area contributed by atoms with Gasteiger partial charge < -0.3 is 19.7 Å². The number of ether oxygens (including phenoxy) is 2. The Morgan fingerprint density at radius 3 is 2.26 bits per heavy atom. The predicted molar refractivity (Wildman–Crippen MR) is 151 cm³/mol. The van der Waals surface area contributed by atoms with Crippen LogP contribution in [0.25, 0.3) is 0 Å². The minimum Gasteiger partial charge on any atom is -0.497 e. The molecule has 0 fully saturated rings. The number of hydrogen-bond donors (Lipinski definition) is 1.